The fourth-order valence-electron chi connectivity index (χ4n) is 4.86. The van der Waals surface area contributed by atoms with Gasteiger partial charge in [-0.05, 0) is 51.2 Å². The molecule has 0 radical (unpaired) electrons. The van der Waals surface area contributed by atoms with Crippen molar-refractivity contribution in [3.63, 3.8) is 0 Å². The summed E-state index contributed by atoms with van der Waals surface area (Å²) in [5.74, 6) is 0.00330. The molecule has 1 saturated heterocycles. The van der Waals surface area contributed by atoms with Gasteiger partial charge in [0.15, 0.2) is 0 Å². The predicted molar refractivity (Wildman–Crippen MR) is 137 cm³/mol. The van der Waals surface area contributed by atoms with Crippen LogP contribution in [-0.2, 0) is 23.5 Å². The third kappa shape index (κ3) is 6.89. The summed E-state index contributed by atoms with van der Waals surface area (Å²) in [5, 5.41) is 7.71. The molecule has 0 aromatic carbocycles. The first-order valence-corrected chi connectivity index (χ1v) is 14.2. The van der Waals surface area contributed by atoms with Crippen molar-refractivity contribution in [1.82, 2.24) is 19.6 Å². The van der Waals surface area contributed by atoms with Crippen LogP contribution < -0.4 is 4.83 Å². The average molecular weight is 493 g/mol. The molecule has 6 nitrogen and oxygen atoms in total. The first-order chi connectivity index (χ1) is 16.0. The highest BCUT2D eigenvalue weighted by Gasteiger charge is 2.30. The summed E-state index contributed by atoms with van der Waals surface area (Å²) >= 11 is 0. The summed E-state index contributed by atoms with van der Waals surface area (Å²) in [7, 11) is -1.67. The zero-order chi connectivity index (χ0) is 24.9. The summed E-state index contributed by atoms with van der Waals surface area (Å²) in [6, 6.07) is 0. The number of rotatable bonds is 10. The summed E-state index contributed by atoms with van der Waals surface area (Å²) in [6.45, 7) is 9.31. The van der Waals surface area contributed by atoms with Crippen molar-refractivity contribution >= 4 is 16.1 Å². The number of piperidine rings is 1. The van der Waals surface area contributed by atoms with Gasteiger partial charge >= 0.3 is 0 Å². The number of alkyl halides is 1. The monoisotopic (exact) mass is 492 g/mol. The molecule has 34 heavy (non-hydrogen) atoms. The van der Waals surface area contributed by atoms with Gasteiger partial charge in [-0.3, -0.25) is 4.68 Å². The van der Waals surface area contributed by atoms with Gasteiger partial charge in [-0.15, -0.1) is 4.83 Å². The van der Waals surface area contributed by atoms with Crippen molar-refractivity contribution in [2.24, 2.45) is 13.0 Å². The molecule has 1 aliphatic heterocycles. The Morgan fingerprint density at radius 2 is 2.03 bits per heavy atom. The van der Waals surface area contributed by atoms with Crippen LogP contribution in [0.2, 0.25) is 0 Å². The first-order valence-electron chi connectivity index (χ1n) is 12.6. The highest BCUT2D eigenvalue weighted by atomic mass is 32.2. The first kappa shape index (κ1) is 26.8. The molecule has 1 aromatic rings. The lowest BCUT2D eigenvalue weighted by Crippen LogP contribution is -2.44. The molecule has 190 valence electrons. The van der Waals surface area contributed by atoms with Gasteiger partial charge in [-0.2, -0.15) is 5.10 Å². The maximum absolute atomic E-state index is 14.5. The molecule has 0 spiro atoms. The van der Waals surface area contributed by atoms with Gasteiger partial charge in [0.25, 0.3) is 0 Å². The van der Waals surface area contributed by atoms with E-state index in [0.717, 1.165) is 74.9 Å². The second-order valence-corrected chi connectivity index (χ2v) is 11.6. The summed E-state index contributed by atoms with van der Waals surface area (Å²) in [4.78, 5) is 2.68. The largest absolute Gasteiger partial charge is 0.271 e. The molecule has 1 fully saturated rings. The Bertz CT molecular complexity index is 1030. The van der Waals surface area contributed by atoms with Crippen LogP contribution in [0.15, 0.2) is 29.2 Å². The smallest absolute Gasteiger partial charge is 0.246 e. The van der Waals surface area contributed by atoms with E-state index in [1.165, 1.54) is 5.41 Å². The van der Waals surface area contributed by atoms with Gasteiger partial charge in [0, 0.05) is 48.6 Å². The van der Waals surface area contributed by atoms with Crippen molar-refractivity contribution < 1.29 is 12.8 Å². The number of hydrazine groups is 1. The molecule has 0 saturated carbocycles. The van der Waals surface area contributed by atoms with Crippen LogP contribution in [0.4, 0.5) is 4.39 Å². The molecular weight excluding hydrogens is 451 g/mol. The van der Waals surface area contributed by atoms with Crippen LogP contribution in [0, 0.1) is 5.92 Å². The highest BCUT2D eigenvalue weighted by molar-refractivity contribution is 7.92. The third-order valence-corrected chi connectivity index (χ3v) is 8.02. The summed E-state index contributed by atoms with van der Waals surface area (Å²) in [6.07, 6.45) is 14.0. The van der Waals surface area contributed by atoms with Crippen molar-refractivity contribution in [2.75, 3.05) is 13.1 Å². The molecule has 1 aromatic heterocycles. The zero-order valence-electron chi connectivity index (χ0n) is 21.3. The Balaban J connectivity index is 1.81. The van der Waals surface area contributed by atoms with E-state index in [9.17, 15) is 12.8 Å². The fourth-order valence-corrected chi connectivity index (χ4v) is 5.77. The van der Waals surface area contributed by atoms with Crippen LogP contribution in [-0.4, -0.2) is 42.0 Å². The maximum Gasteiger partial charge on any atom is 0.246 e. The number of aryl methyl sites for hydroxylation is 1. The van der Waals surface area contributed by atoms with Crippen molar-refractivity contribution in [1.29, 1.82) is 0 Å². The Labute approximate surface area is 205 Å². The van der Waals surface area contributed by atoms with E-state index in [4.69, 9.17) is 5.10 Å². The van der Waals surface area contributed by atoms with E-state index in [2.05, 4.69) is 18.7 Å². The minimum atomic E-state index is -3.59. The van der Waals surface area contributed by atoms with E-state index >= 15 is 0 Å². The maximum atomic E-state index is 14.5. The van der Waals surface area contributed by atoms with Crippen LogP contribution in [0.3, 0.4) is 0 Å². The van der Waals surface area contributed by atoms with E-state index in [1.54, 1.807) is 24.1 Å². The van der Waals surface area contributed by atoms with E-state index in [1.807, 2.05) is 30.8 Å². The van der Waals surface area contributed by atoms with E-state index in [0.29, 0.717) is 5.69 Å². The van der Waals surface area contributed by atoms with Crippen molar-refractivity contribution in [2.45, 2.75) is 84.2 Å². The fraction of sp³-hybridized carbons (Fsp3) is 0.654. The van der Waals surface area contributed by atoms with Crippen LogP contribution in [0.1, 0.15) is 89.1 Å². The number of nitrogens with zero attached hydrogens (tertiary/aromatic N) is 3. The number of unbranched alkanes of at least 4 members (excludes halogenated alkanes) is 1. The molecule has 3 rings (SSSR count). The molecule has 1 aliphatic carbocycles. The predicted octanol–water partition coefficient (Wildman–Crippen LogP) is 5.41. The van der Waals surface area contributed by atoms with E-state index in [-0.39, 0.29) is 11.8 Å². The lowest BCUT2D eigenvalue weighted by Gasteiger charge is -2.27. The summed E-state index contributed by atoms with van der Waals surface area (Å²) < 4.78 is 41.7. The number of sulfonamides is 1. The minimum Gasteiger partial charge on any atom is -0.271 e. The molecule has 3 atom stereocenters. The molecule has 1 N–H and O–H groups in total. The Morgan fingerprint density at radius 3 is 2.68 bits per heavy atom. The number of hydrogen-bond acceptors (Lipinski definition) is 4. The third-order valence-electron chi connectivity index (χ3n) is 7.01. The second kappa shape index (κ2) is 11.3. The SMILES string of the molecule is CCCCc1c(/C=C/S(=O)(=O)NN2CCCCC2)nn(C)c1C(C)CC1=CC(C)C(C)(F)C=C1. The highest BCUT2D eigenvalue weighted by Crippen LogP contribution is 2.35. The number of allylic oxidation sites excluding steroid dienone is 4. The second-order valence-electron chi connectivity index (χ2n) is 10.1. The normalized spacial score (nSPS) is 25.1. The Hall–Kier alpha value is -1.77. The Morgan fingerprint density at radius 1 is 1.32 bits per heavy atom. The lowest BCUT2D eigenvalue weighted by molar-refractivity contribution is 0.198. The van der Waals surface area contributed by atoms with Gasteiger partial charge < -0.3 is 0 Å². The van der Waals surface area contributed by atoms with Gasteiger partial charge in [0.2, 0.25) is 10.0 Å². The van der Waals surface area contributed by atoms with Gasteiger partial charge in [-0.25, -0.2) is 17.8 Å². The molecule has 3 unspecified atom stereocenters. The van der Waals surface area contributed by atoms with Crippen molar-refractivity contribution in [3.05, 3.63) is 46.2 Å². The van der Waals surface area contributed by atoms with Gasteiger partial charge in [-0.1, -0.05) is 51.3 Å². The standard InChI is InChI=1S/C26H41FN4O2S/c1-6-7-11-23-24(13-17-34(32,33)29-31-15-9-8-10-16-31)28-30(5)25(23)20(2)18-22-12-14-26(4,27)21(3)19-22/h12-14,17,19-21,29H,6-11,15-16,18H2,1-5H3/b17-13+. The number of hydrogen-bond donors (Lipinski definition) is 1. The minimum absolute atomic E-state index is 0.165. The van der Waals surface area contributed by atoms with E-state index < -0.39 is 15.7 Å². The van der Waals surface area contributed by atoms with Crippen LogP contribution in [0.5, 0.6) is 0 Å². The van der Waals surface area contributed by atoms with Gasteiger partial charge in [0.05, 0.1) is 5.69 Å². The average Bonchev–Trinajstić information content (AvgIpc) is 3.09. The lowest BCUT2D eigenvalue weighted by atomic mass is 9.83. The molecule has 0 amide bonds. The molecule has 0 bridgehead atoms. The number of halogens is 1. The molecular formula is C26H41FN4O2S. The Kier molecular flexibility index (Phi) is 8.93. The quantitative estimate of drug-likeness (QED) is 0.474. The topological polar surface area (TPSA) is 67.2 Å². The number of aromatic nitrogens is 2. The zero-order valence-corrected chi connectivity index (χ0v) is 22.2. The van der Waals surface area contributed by atoms with Crippen molar-refractivity contribution in [3.8, 4) is 0 Å². The van der Waals surface area contributed by atoms with Crippen LogP contribution in [0.25, 0.3) is 6.08 Å². The number of nitrogens with one attached hydrogen (secondary N) is 1. The van der Waals surface area contributed by atoms with Gasteiger partial charge in [0.1, 0.15) is 5.67 Å². The molecule has 2 heterocycles. The summed E-state index contributed by atoms with van der Waals surface area (Å²) in [5.41, 5.74) is 2.75. The molecule has 2 aliphatic rings. The van der Waals surface area contributed by atoms with Crippen LogP contribution >= 0.6 is 0 Å². The molecule has 8 heteroatoms.